The number of nitro benzene ring substituents is 1. The molecule has 7 heteroatoms. The van der Waals surface area contributed by atoms with Gasteiger partial charge in [-0.15, -0.1) is 0 Å². The molecule has 0 aliphatic heterocycles. The average molecular weight is 309 g/mol. The Kier molecular flexibility index (Phi) is 3.60. The van der Waals surface area contributed by atoms with Crippen LogP contribution in [0.2, 0.25) is 0 Å². The first kappa shape index (κ1) is 14.5. The summed E-state index contributed by atoms with van der Waals surface area (Å²) in [5.74, 6) is -0.457. The minimum atomic E-state index is -0.518. The normalized spacial score (nSPS) is 10.4. The molecule has 0 saturated carbocycles. The zero-order valence-corrected chi connectivity index (χ0v) is 11.8. The topological polar surface area (TPSA) is 105 Å². The van der Waals surface area contributed by atoms with Crippen molar-refractivity contribution in [3.63, 3.8) is 0 Å². The summed E-state index contributed by atoms with van der Waals surface area (Å²) in [5, 5.41) is 13.9. The standard InChI is InChI=1S/C16H11N3O4/c20-15-9-13(12-3-1-2-4-14(12)18-15)16(21)17-10-5-7-11(8-6-10)19(22)23/h1-9H,(H,17,21)(H,18,20). The Morgan fingerprint density at radius 3 is 2.48 bits per heavy atom. The molecule has 0 fully saturated rings. The van der Waals surface area contributed by atoms with Gasteiger partial charge in [-0.1, -0.05) is 18.2 Å². The van der Waals surface area contributed by atoms with Gasteiger partial charge in [0.1, 0.15) is 0 Å². The number of non-ortho nitro benzene ring substituents is 1. The van der Waals surface area contributed by atoms with Gasteiger partial charge in [0.2, 0.25) is 5.56 Å². The molecule has 2 N–H and O–H groups in total. The highest BCUT2D eigenvalue weighted by Crippen LogP contribution is 2.19. The second-order valence-corrected chi connectivity index (χ2v) is 4.85. The summed E-state index contributed by atoms with van der Waals surface area (Å²) < 4.78 is 0. The van der Waals surface area contributed by atoms with E-state index in [4.69, 9.17) is 0 Å². The van der Waals surface area contributed by atoms with E-state index in [2.05, 4.69) is 10.3 Å². The van der Waals surface area contributed by atoms with Crippen LogP contribution in [-0.2, 0) is 0 Å². The van der Waals surface area contributed by atoms with Crippen LogP contribution in [0.3, 0.4) is 0 Å². The van der Waals surface area contributed by atoms with Crippen LogP contribution in [-0.4, -0.2) is 15.8 Å². The Bertz CT molecular complexity index is 961. The van der Waals surface area contributed by atoms with Gasteiger partial charge >= 0.3 is 0 Å². The van der Waals surface area contributed by atoms with E-state index >= 15 is 0 Å². The van der Waals surface area contributed by atoms with Crippen molar-refractivity contribution in [2.24, 2.45) is 0 Å². The number of carbonyl (C=O) groups excluding carboxylic acids is 1. The fourth-order valence-corrected chi connectivity index (χ4v) is 2.26. The van der Waals surface area contributed by atoms with E-state index < -0.39 is 10.8 Å². The number of nitro groups is 1. The van der Waals surface area contributed by atoms with Crippen LogP contribution in [0.25, 0.3) is 10.9 Å². The summed E-state index contributed by atoms with van der Waals surface area (Å²) in [4.78, 5) is 36.8. The van der Waals surface area contributed by atoms with Gasteiger partial charge in [0.05, 0.1) is 10.5 Å². The van der Waals surface area contributed by atoms with E-state index in [1.165, 1.54) is 30.3 Å². The number of hydrogen-bond acceptors (Lipinski definition) is 4. The smallest absolute Gasteiger partial charge is 0.269 e. The average Bonchev–Trinajstić information content (AvgIpc) is 2.54. The van der Waals surface area contributed by atoms with Crippen LogP contribution in [0.5, 0.6) is 0 Å². The number of carbonyl (C=O) groups is 1. The van der Waals surface area contributed by atoms with Crippen molar-refractivity contribution in [2.45, 2.75) is 0 Å². The number of pyridine rings is 1. The van der Waals surface area contributed by atoms with Crippen LogP contribution >= 0.6 is 0 Å². The zero-order chi connectivity index (χ0) is 16.4. The fraction of sp³-hybridized carbons (Fsp3) is 0. The minimum Gasteiger partial charge on any atom is -0.322 e. The lowest BCUT2D eigenvalue weighted by Crippen LogP contribution is -2.16. The maximum atomic E-state index is 12.4. The van der Waals surface area contributed by atoms with E-state index in [1.54, 1.807) is 24.3 Å². The lowest BCUT2D eigenvalue weighted by Gasteiger charge is -2.07. The second kappa shape index (κ2) is 5.72. The lowest BCUT2D eigenvalue weighted by atomic mass is 10.1. The zero-order valence-electron chi connectivity index (χ0n) is 11.8. The molecule has 1 heterocycles. The summed E-state index contributed by atoms with van der Waals surface area (Å²) in [5.41, 5.74) is 0.767. The summed E-state index contributed by atoms with van der Waals surface area (Å²) in [6, 6.07) is 13.7. The first-order chi connectivity index (χ1) is 11.0. The molecule has 3 aromatic rings. The molecule has 0 saturated heterocycles. The molecule has 7 nitrogen and oxygen atoms in total. The number of aromatic amines is 1. The molecule has 23 heavy (non-hydrogen) atoms. The number of anilines is 1. The number of para-hydroxylation sites is 1. The largest absolute Gasteiger partial charge is 0.322 e. The number of nitrogens with zero attached hydrogens (tertiary/aromatic N) is 1. The Morgan fingerprint density at radius 2 is 1.78 bits per heavy atom. The molecule has 0 aliphatic rings. The third kappa shape index (κ3) is 2.93. The van der Waals surface area contributed by atoms with E-state index in [-0.39, 0.29) is 16.8 Å². The number of H-pyrrole nitrogens is 1. The first-order valence-corrected chi connectivity index (χ1v) is 6.72. The third-order valence-corrected chi connectivity index (χ3v) is 3.33. The molecule has 0 atom stereocenters. The van der Waals surface area contributed by atoms with Gasteiger partial charge in [0, 0.05) is 34.8 Å². The van der Waals surface area contributed by atoms with Gasteiger partial charge in [-0.3, -0.25) is 19.7 Å². The number of nitrogens with one attached hydrogen (secondary N) is 2. The van der Waals surface area contributed by atoms with Crippen molar-refractivity contribution in [1.82, 2.24) is 4.98 Å². The Balaban J connectivity index is 1.94. The molecular weight excluding hydrogens is 298 g/mol. The predicted octanol–water partition coefficient (Wildman–Crippen LogP) is 2.69. The van der Waals surface area contributed by atoms with Gasteiger partial charge in [-0.05, 0) is 18.2 Å². The highest BCUT2D eigenvalue weighted by atomic mass is 16.6. The SMILES string of the molecule is O=C(Nc1ccc([N+](=O)[O-])cc1)c1cc(=O)[nH]c2ccccc12. The fourth-order valence-electron chi connectivity index (χ4n) is 2.26. The van der Waals surface area contributed by atoms with Crippen molar-refractivity contribution in [3.8, 4) is 0 Å². The van der Waals surface area contributed by atoms with Crippen LogP contribution in [0.1, 0.15) is 10.4 Å². The molecule has 0 unspecified atom stereocenters. The predicted molar refractivity (Wildman–Crippen MR) is 85.6 cm³/mol. The van der Waals surface area contributed by atoms with Crippen molar-refractivity contribution < 1.29 is 9.72 Å². The molecular formula is C16H11N3O4. The van der Waals surface area contributed by atoms with Gasteiger partial charge in [0.25, 0.3) is 11.6 Å². The summed E-state index contributed by atoms with van der Waals surface area (Å²) in [6.07, 6.45) is 0. The Morgan fingerprint density at radius 1 is 1.09 bits per heavy atom. The Labute approximate surface area is 129 Å². The van der Waals surface area contributed by atoms with Crippen molar-refractivity contribution >= 4 is 28.2 Å². The quantitative estimate of drug-likeness (QED) is 0.573. The van der Waals surface area contributed by atoms with Gasteiger partial charge < -0.3 is 10.3 Å². The number of amides is 1. The molecule has 1 aromatic heterocycles. The van der Waals surface area contributed by atoms with E-state index in [9.17, 15) is 19.7 Å². The highest BCUT2D eigenvalue weighted by Gasteiger charge is 2.12. The summed E-state index contributed by atoms with van der Waals surface area (Å²) in [7, 11) is 0. The van der Waals surface area contributed by atoms with Crippen LogP contribution in [0, 0.1) is 10.1 Å². The molecule has 2 aromatic carbocycles. The third-order valence-electron chi connectivity index (χ3n) is 3.33. The van der Waals surface area contributed by atoms with Crippen LogP contribution in [0.15, 0.2) is 59.4 Å². The molecule has 0 radical (unpaired) electrons. The minimum absolute atomic E-state index is 0.0652. The molecule has 0 bridgehead atoms. The Hall–Kier alpha value is -3.48. The number of hydrogen-bond donors (Lipinski definition) is 2. The van der Waals surface area contributed by atoms with Gasteiger partial charge in [0.15, 0.2) is 0 Å². The maximum Gasteiger partial charge on any atom is 0.269 e. The number of benzene rings is 2. The number of fused-ring (bicyclic) bond motifs is 1. The highest BCUT2D eigenvalue weighted by molar-refractivity contribution is 6.12. The molecule has 1 amide bonds. The van der Waals surface area contributed by atoms with E-state index in [0.717, 1.165) is 0 Å². The lowest BCUT2D eigenvalue weighted by molar-refractivity contribution is -0.384. The van der Waals surface area contributed by atoms with Crippen molar-refractivity contribution in [2.75, 3.05) is 5.32 Å². The molecule has 114 valence electrons. The first-order valence-electron chi connectivity index (χ1n) is 6.72. The van der Waals surface area contributed by atoms with Crippen LogP contribution in [0.4, 0.5) is 11.4 Å². The molecule has 0 spiro atoms. The van der Waals surface area contributed by atoms with Gasteiger partial charge in [-0.2, -0.15) is 0 Å². The molecule has 0 aliphatic carbocycles. The number of rotatable bonds is 3. The second-order valence-electron chi connectivity index (χ2n) is 4.85. The van der Waals surface area contributed by atoms with Gasteiger partial charge in [-0.25, -0.2) is 0 Å². The van der Waals surface area contributed by atoms with E-state index in [1.807, 2.05) is 0 Å². The van der Waals surface area contributed by atoms with Crippen molar-refractivity contribution in [1.29, 1.82) is 0 Å². The van der Waals surface area contributed by atoms with Crippen molar-refractivity contribution in [3.05, 3.63) is 80.6 Å². The monoisotopic (exact) mass is 309 g/mol. The summed E-state index contributed by atoms with van der Waals surface area (Å²) in [6.45, 7) is 0. The maximum absolute atomic E-state index is 12.4. The summed E-state index contributed by atoms with van der Waals surface area (Å²) >= 11 is 0. The van der Waals surface area contributed by atoms with Crippen LogP contribution < -0.4 is 10.9 Å². The molecule has 3 rings (SSSR count). The number of aromatic nitrogens is 1. The van der Waals surface area contributed by atoms with E-state index in [0.29, 0.717) is 16.6 Å².